The second-order valence-corrected chi connectivity index (χ2v) is 3.85. The highest BCUT2D eigenvalue weighted by Crippen LogP contribution is 2.48. The van der Waals surface area contributed by atoms with Crippen LogP contribution >= 0.6 is 0 Å². The molecule has 0 amide bonds. The molecule has 1 N–H and O–H groups in total. The lowest BCUT2D eigenvalue weighted by Crippen LogP contribution is -2.68. The molecule has 11 heavy (non-hydrogen) atoms. The van der Waals surface area contributed by atoms with Crippen LogP contribution in [0.3, 0.4) is 0 Å². The summed E-state index contributed by atoms with van der Waals surface area (Å²) in [6.45, 7) is 3.04. The normalized spacial score (nSPS) is 32.6. The molecule has 2 nitrogen and oxygen atoms in total. The summed E-state index contributed by atoms with van der Waals surface area (Å²) < 4.78 is 0. The highest BCUT2D eigenvalue weighted by atomic mass is 16.1. The fraction of sp³-hybridized carbons (Fsp3) is 0.889. The minimum atomic E-state index is 0.223. The highest BCUT2D eigenvalue weighted by molar-refractivity contribution is 5.86. The van der Waals surface area contributed by atoms with Crippen molar-refractivity contribution in [3.63, 3.8) is 0 Å². The number of Topliss-reactive ketones (excluding diaryl/α,β-unsaturated/α-hetero) is 1. The zero-order chi connectivity index (χ0) is 7.90. The smallest absolute Gasteiger partial charge is 0.150 e. The van der Waals surface area contributed by atoms with Crippen molar-refractivity contribution in [3.05, 3.63) is 0 Å². The van der Waals surface area contributed by atoms with Crippen LogP contribution in [0.1, 0.15) is 32.6 Å². The summed E-state index contributed by atoms with van der Waals surface area (Å²) in [7, 11) is 0. The molecule has 2 heteroatoms. The predicted molar refractivity (Wildman–Crippen MR) is 43.4 cm³/mol. The SMILES string of the molecule is CCC(=O)C1NCC12CCC2. The lowest BCUT2D eigenvalue weighted by atomic mass is 9.58. The van der Waals surface area contributed by atoms with E-state index >= 15 is 0 Å². The standard InChI is InChI=1S/C9H15NO/c1-2-7(11)8-9(6-10-8)4-3-5-9/h8,10H,2-6H2,1H3. The fourth-order valence-corrected chi connectivity index (χ4v) is 2.25. The monoisotopic (exact) mass is 153 g/mol. The van der Waals surface area contributed by atoms with E-state index in [1.165, 1.54) is 19.3 Å². The van der Waals surface area contributed by atoms with Crippen LogP contribution in [0.15, 0.2) is 0 Å². The second kappa shape index (κ2) is 2.31. The largest absolute Gasteiger partial charge is 0.306 e. The molecule has 0 aromatic heterocycles. The molecule has 1 heterocycles. The van der Waals surface area contributed by atoms with Crippen molar-refractivity contribution in [2.45, 2.75) is 38.6 Å². The van der Waals surface area contributed by atoms with E-state index < -0.39 is 0 Å². The molecule has 1 aliphatic heterocycles. The molecule has 0 aromatic rings. The minimum absolute atomic E-state index is 0.223. The van der Waals surface area contributed by atoms with Gasteiger partial charge in [-0.15, -0.1) is 0 Å². The number of nitrogens with one attached hydrogen (secondary N) is 1. The molecular formula is C9H15NO. The molecule has 0 radical (unpaired) electrons. The Kier molecular flexibility index (Phi) is 1.53. The average molecular weight is 153 g/mol. The molecule has 2 aliphatic rings. The maximum atomic E-state index is 11.3. The summed E-state index contributed by atoms with van der Waals surface area (Å²) in [5, 5.41) is 3.24. The zero-order valence-electron chi connectivity index (χ0n) is 7.02. The molecule has 0 aromatic carbocycles. The Morgan fingerprint density at radius 1 is 1.64 bits per heavy atom. The molecule has 1 saturated heterocycles. The number of carbonyl (C=O) groups excluding carboxylic acids is 1. The maximum absolute atomic E-state index is 11.3. The molecule has 1 spiro atoms. The van der Waals surface area contributed by atoms with Gasteiger partial charge in [0.15, 0.2) is 0 Å². The van der Waals surface area contributed by atoms with Crippen molar-refractivity contribution < 1.29 is 4.79 Å². The maximum Gasteiger partial charge on any atom is 0.150 e. The van der Waals surface area contributed by atoms with Gasteiger partial charge < -0.3 is 5.32 Å². The first-order chi connectivity index (χ1) is 5.28. The highest BCUT2D eigenvalue weighted by Gasteiger charge is 2.52. The number of hydrogen-bond acceptors (Lipinski definition) is 2. The summed E-state index contributed by atoms with van der Waals surface area (Å²) in [6, 6.07) is 0.223. The Balaban J connectivity index is 2.00. The summed E-state index contributed by atoms with van der Waals surface area (Å²) in [4.78, 5) is 11.3. The van der Waals surface area contributed by atoms with Crippen LogP contribution in [0.2, 0.25) is 0 Å². The van der Waals surface area contributed by atoms with E-state index in [-0.39, 0.29) is 6.04 Å². The van der Waals surface area contributed by atoms with Crippen LogP contribution in [0.4, 0.5) is 0 Å². The Hall–Kier alpha value is -0.370. The van der Waals surface area contributed by atoms with Gasteiger partial charge in [0.1, 0.15) is 5.78 Å². The van der Waals surface area contributed by atoms with Crippen molar-refractivity contribution >= 4 is 5.78 Å². The van der Waals surface area contributed by atoms with Crippen LogP contribution in [0.5, 0.6) is 0 Å². The first-order valence-electron chi connectivity index (χ1n) is 4.55. The van der Waals surface area contributed by atoms with Gasteiger partial charge in [-0.05, 0) is 12.8 Å². The van der Waals surface area contributed by atoms with Crippen LogP contribution < -0.4 is 5.32 Å². The number of carbonyl (C=O) groups is 1. The van der Waals surface area contributed by atoms with E-state index in [4.69, 9.17) is 0 Å². The molecule has 1 saturated carbocycles. The minimum Gasteiger partial charge on any atom is -0.306 e. The van der Waals surface area contributed by atoms with Gasteiger partial charge in [-0.2, -0.15) is 0 Å². The van der Waals surface area contributed by atoms with Gasteiger partial charge in [-0.3, -0.25) is 4.79 Å². The van der Waals surface area contributed by atoms with Gasteiger partial charge in [-0.1, -0.05) is 13.3 Å². The molecular weight excluding hydrogens is 138 g/mol. The van der Waals surface area contributed by atoms with Crippen LogP contribution in [-0.4, -0.2) is 18.4 Å². The van der Waals surface area contributed by atoms with Crippen LogP contribution in [0, 0.1) is 5.41 Å². The molecule has 2 fully saturated rings. The third-order valence-corrected chi connectivity index (χ3v) is 3.29. The second-order valence-electron chi connectivity index (χ2n) is 3.85. The Morgan fingerprint density at radius 2 is 2.36 bits per heavy atom. The molecule has 62 valence electrons. The lowest BCUT2D eigenvalue weighted by Gasteiger charge is -2.55. The van der Waals surface area contributed by atoms with Gasteiger partial charge in [0, 0.05) is 18.4 Å². The van der Waals surface area contributed by atoms with Crippen molar-refractivity contribution in [2.75, 3.05) is 6.54 Å². The number of rotatable bonds is 2. The van der Waals surface area contributed by atoms with Crippen molar-refractivity contribution in [2.24, 2.45) is 5.41 Å². The number of hydrogen-bond donors (Lipinski definition) is 1. The molecule has 2 rings (SSSR count). The topological polar surface area (TPSA) is 29.1 Å². The van der Waals surface area contributed by atoms with E-state index in [1.54, 1.807) is 0 Å². The van der Waals surface area contributed by atoms with E-state index in [2.05, 4.69) is 5.32 Å². The third-order valence-electron chi connectivity index (χ3n) is 3.29. The predicted octanol–water partition coefficient (Wildman–Crippen LogP) is 1.11. The van der Waals surface area contributed by atoms with E-state index in [0.29, 0.717) is 17.6 Å². The summed E-state index contributed by atoms with van der Waals surface area (Å²) in [6.07, 6.45) is 4.57. The van der Waals surface area contributed by atoms with E-state index in [9.17, 15) is 4.79 Å². The first kappa shape index (κ1) is 7.29. The summed E-state index contributed by atoms with van der Waals surface area (Å²) in [5.41, 5.74) is 0.424. The Morgan fingerprint density at radius 3 is 2.64 bits per heavy atom. The summed E-state index contributed by atoms with van der Waals surface area (Å²) >= 11 is 0. The third kappa shape index (κ3) is 0.853. The van der Waals surface area contributed by atoms with Crippen LogP contribution in [-0.2, 0) is 4.79 Å². The van der Waals surface area contributed by atoms with Crippen molar-refractivity contribution in [1.29, 1.82) is 0 Å². The molecule has 0 bridgehead atoms. The quantitative estimate of drug-likeness (QED) is 0.643. The lowest BCUT2D eigenvalue weighted by molar-refractivity contribution is -0.132. The van der Waals surface area contributed by atoms with Crippen molar-refractivity contribution in [1.82, 2.24) is 5.32 Å². The van der Waals surface area contributed by atoms with Gasteiger partial charge in [-0.25, -0.2) is 0 Å². The average Bonchev–Trinajstić information content (AvgIpc) is 1.82. The van der Waals surface area contributed by atoms with Crippen LogP contribution in [0.25, 0.3) is 0 Å². The van der Waals surface area contributed by atoms with Gasteiger partial charge in [0.2, 0.25) is 0 Å². The van der Waals surface area contributed by atoms with Gasteiger partial charge in [0.25, 0.3) is 0 Å². The summed E-state index contributed by atoms with van der Waals surface area (Å²) in [5.74, 6) is 0.413. The van der Waals surface area contributed by atoms with E-state index in [1.807, 2.05) is 6.92 Å². The number of ketones is 1. The first-order valence-corrected chi connectivity index (χ1v) is 4.55. The molecule has 1 atom stereocenters. The van der Waals surface area contributed by atoms with Crippen molar-refractivity contribution in [3.8, 4) is 0 Å². The molecule has 1 unspecified atom stereocenters. The zero-order valence-corrected chi connectivity index (χ0v) is 7.02. The van der Waals surface area contributed by atoms with E-state index in [0.717, 1.165) is 6.54 Å². The molecule has 1 aliphatic carbocycles. The van der Waals surface area contributed by atoms with Gasteiger partial charge in [0.05, 0.1) is 6.04 Å². The van der Waals surface area contributed by atoms with Gasteiger partial charge >= 0.3 is 0 Å². The Labute approximate surface area is 67.4 Å². The Bertz CT molecular complexity index is 178. The fourth-order valence-electron chi connectivity index (χ4n) is 2.25.